The van der Waals surface area contributed by atoms with Gasteiger partial charge >= 0.3 is 11.9 Å². The molecule has 11 unspecified atom stereocenters. The SMILES string of the molecule is CC=CC(C)=CC=CC(C)=CC=CC=C(C)C=CC=C(C)C=CC1=C(C)C(=O)C(OC(=O)CCC(=O)OCC2OC(O)C(O)C(O)C2OC2OC(CO)C(O)C(O)C2O)CC1(C)C. The van der Waals surface area contributed by atoms with Crippen molar-refractivity contribution in [1.82, 2.24) is 0 Å². The van der Waals surface area contributed by atoms with Crippen LogP contribution >= 0.6 is 0 Å². The Kier molecular flexibility index (Phi) is 21.2. The summed E-state index contributed by atoms with van der Waals surface area (Å²) in [7, 11) is 0. The van der Waals surface area contributed by atoms with Gasteiger partial charge in [-0.2, -0.15) is 0 Å². The molecule has 348 valence electrons. The third kappa shape index (κ3) is 16.0. The van der Waals surface area contributed by atoms with E-state index < -0.39 is 111 Å². The molecular formula is C48H66O15. The lowest BCUT2D eigenvalue weighted by Crippen LogP contribution is -2.64. The number of ether oxygens (including phenoxy) is 5. The average Bonchev–Trinajstić information content (AvgIpc) is 3.22. The van der Waals surface area contributed by atoms with Gasteiger partial charge in [-0.05, 0) is 58.1 Å². The molecule has 0 spiro atoms. The van der Waals surface area contributed by atoms with Crippen molar-refractivity contribution in [3.8, 4) is 0 Å². The van der Waals surface area contributed by atoms with Gasteiger partial charge in [-0.3, -0.25) is 14.4 Å². The molecule has 2 heterocycles. The molecule has 2 aliphatic heterocycles. The van der Waals surface area contributed by atoms with E-state index >= 15 is 0 Å². The summed E-state index contributed by atoms with van der Waals surface area (Å²) in [5.41, 5.74) is 5.06. The molecule has 11 atom stereocenters. The predicted octanol–water partition coefficient (Wildman–Crippen LogP) is 3.75. The number of esters is 2. The van der Waals surface area contributed by atoms with Crippen LogP contribution in [0.15, 0.2) is 119 Å². The normalized spacial score (nSPS) is 31.7. The van der Waals surface area contributed by atoms with Crippen molar-refractivity contribution < 1.29 is 73.8 Å². The van der Waals surface area contributed by atoms with Crippen LogP contribution in [0.4, 0.5) is 0 Å². The number of ketones is 1. The first-order valence-corrected chi connectivity index (χ1v) is 21.0. The van der Waals surface area contributed by atoms with Crippen molar-refractivity contribution in [3.63, 3.8) is 0 Å². The molecule has 0 aromatic rings. The summed E-state index contributed by atoms with van der Waals surface area (Å²) in [5, 5.41) is 70.9. The molecule has 0 radical (unpaired) electrons. The van der Waals surface area contributed by atoms with Crippen LogP contribution in [0.1, 0.15) is 74.7 Å². The predicted molar refractivity (Wildman–Crippen MR) is 234 cm³/mol. The number of Topliss-reactive ketones (excluding diaryl/α,β-unsaturated/α-hetero) is 1. The van der Waals surface area contributed by atoms with E-state index in [1.807, 2.05) is 108 Å². The topological polar surface area (TPSA) is 239 Å². The van der Waals surface area contributed by atoms with E-state index in [0.29, 0.717) is 5.57 Å². The van der Waals surface area contributed by atoms with E-state index in [2.05, 4.69) is 25.2 Å². The summed E-state index contributed by atoms with van der Waals surface area (Å²) in [4.78, 5) is 38.9. The lowest BCUT2D eigenvalue weighted by atomic mass is 9.71. The third-order valence-corrected chi connectivity index (χ3v) is 10.7. The Labute approximate surface area is 370 Å². The van der Waals surface area contributed by atoms with E-state index in [4.69, 9.17) is 23.7 Å². The first-order chi connectivity index (χ1) is 29.7. The summed E-state index contributed by atoms with van der Waals surface area (Å²) in [6, 6.07) is 0. The molecule has 0 saturated carbocycles. The van der Waals surface area contributed by atoms with Crippen molar-refractivity contribution >= 4 is 17.7 Å². The highest BCUT2D eigenvalue weighted by molar-refractivity contribution is 6.01. The number of hydrogen-bond acceptors (Lipinski definition) is 15. The maximum absolute atomic E-state index is 13.4. The lowest BCUT2D eigenvalue weighted by molar-refractivity contribution is -0.355. The van der Waals surface area contributed by atoms with Crippen LogP contribution < -0.4 is 0 Å². The summed E-state index contributed by atoms with van der Waals surface area (Å²) in [6.45, 7) is 14.2. The Bertz CT molecular complexity index is 1890. The zero-order chi connectivity index (χ0) is 47.0. The minimum Gasteiger partial charge on any atom is -0.463 e. The van der Waals surface area contributed by atoms with Crippen LogP contribution in [0.5, 0.6) is 0 Å². The van der Waals surface area contributed by atoms with Gasteiger partial charge in [0.25, 0.3) is 0 Å². The van der Waals surface area contributed by atoms with Gasteiger partial charge in [-0.25, -0.2) is 0 Å². The fourth-order valence-corrected chi connectivity index (χ4v) is 7.04. The van der Waals surface area contributed by atoms with E-state index in [-0.39, 0.29) is 12.2 Å². The van der Waals surface area contributed by atoms with Crippen LogP contribution in [0, 0.1) is 5.41 Å². The second-order valence-electron chi connectivity index (χ2n) is 16.6. The van der Waals surface area contributed by atoms with E-state index in [0.717, 1.165) is 22.3 Å². The molecule has 2 fully saturated rings. The molecular weight excluding hydrogens is 817 g/mol. The minimum absolute atomic E-state index is 0.211. The molecule has 2 saturated heterocycles. The van der Waals surface area contributed by atoms with Gasteiger partial charge in [0.05, 0.1) is 19.4 Å². The smallest absolute Gasteiger partial charge is 0.307 e. The molecule has 0 aromatic heterocycles. The van der Waals surface area contributed by atoms with Crippen LogP contribution in [0.3, 0.4) is 0 Å². The van der Waals surface area contributed by atoms with Gasteiger partial charge in [0.15, 0.2) is 24.5 Å². The Hall–Kier alpha value is -4.39. The van der Waals surface area contributed by atoms with Gasteiger partial charge in [0.2, 0.25) is 0 Å². The number of aliphatic hydroxyl groups excluding tert-OH is 7. The minimum atomic E-state index is -1.93. The Morgan fingerprint density at radius 2 is 1.27 bits per heavy atom. The summed E-state index contributed by atoms with van der Waals surface area (Å²) in [5.74, 6) is -2.08. The largest absolute Gasteiger partial charge is 0.463 e. The number of carbonyl (C=O) groups is 3. The van der Waals surface area contributed by atoms with E-state index in [1.165, 1.54) is 5.57 Å². The number of aliphatic hydroxyl groups is 7. The number of carbonyl (C=O) groups excluding carboxylic acids is 3. The first kappa shape index (κ1) is 53.0. The van der Waals surface area contributed by atoms with Gasteiger partial charge in [-0.15, -0.1) is 0 Å². The molecule has 7 N–H and O–H groups in total. The van der Waals surface area contributed by atoms with Gasteiger partial charge < -0.3 is 59.4 Å². The summed E-state index contributed by atoms with van der Waals surface area (Å²) >= 11 is 0. The van der Waals surface area contributed by atoms with Crippen LogP contribution in [0.2, 0.25) is 0 Å². The number of allylic oxidation sites excluding steroid dienone is 19. The Balaban J connectivity index is 1.53. The molecule has 15 heteroatoms. The standard InChI is InChI=1S/C48H66O15/c1-9-14-28(2)17-12-18-29(3)15-10-11-16-30(4)19-13-20-31(5)21-22-33-32(6)39(52)34(25-48(33,7)8)60-38(51)24-23-37(50)59-27-36-45(42(55)43(56)46(58)61-36)63-47-44(57)41(54)40(53)35(26-49)62-47/h9-22,34-36,40-47,49,53-58H,23-27H2,1-8H3. The van der Waals surface area contributed by atoms with Crippen molar-refractivity contribution in [2.24, 2.45) is 5.41 Å². The highest BCUT2D eigenvalue weighted by Gasteiger charge is 2.50. The zero-order valence-corrected chi connectivity index (χ0v) is 37.4. The molecule has 63 heavy (non-hydrogen) atoms. The van der Waals surface area contributed by atoms with Gasteiger partial charge in [0, 0.05) is 6.42 Å². The molecule has 0 aromatic carbocycles. The van der Waals surface area contributed by atoms with Crippen molar-refractivity contribution in [2.75, 3.05) is 13.2 Å². The lowest BCUT2D eigenvalue weighted by Gasteiger charge is -2.45. The van der Waals surface area contributed by atoms with Crippen molar-refractivity contribution in [3.05, 3.63) is 119 Å². The molecule has 15 nitrogen and oxygen atoms in total. The highest BCUT2D eigenvalue weighted by Crippen LogP contribution is 2.41. The molecule has 0 amide bonds. The second kappa shape index (κ2) is 25.2. The zero-order valence-electron chi connectivity index (χ0n) is 37.4. The van der Waals surface area contributed by atoms with E-state index in [1.54, 1.807) is 6.92 Å². The maximum atomic E-state index is 13.4. The number of hydrogen-bond donors (Lipinski definition) is 7. The van der Waals surface area contributed by atoms with Crippen LogP contribution in [0.25, 0.3) is 0 Å². The fraction of sp³-hybridized carbons (Fsp3) is 0.521. The van der Waals surface area contributed by atoms with Crippen molar-refractivity contribution in [2.45, 2.75) is 142 Å². The van der Waals surface area contributed by atoms with Gasteiger partial charge in [-0.1, -0.05) is 121 Å². The molecule has 1 aliphatic carbocycles. The number of rotatable bonds is 18. The van der Waals surface area contributed by atoms with E-state index in [9.17, 15) is 50.1 Å². The second-order valence-corrected chi connectivity index (χ2v) is 16.6. The summed E-state index contributed by atoms with van der Waals surface area (Å²) < 4.78 is 26.9. The van der Waals surface area contributed by atoms with Crippen molar-refractivity contribution in [1.29, 1.82) is 0 Å². The summed E-state index contributed by atoms with van der Waals surface area (Å²) in [6.07, 6.45) is 8.99. The quantitative estimate of drug-likeness (QED) is 0.0767. The molecule has 3 aliphatic rings. The molecule has 3 rings (SSSR count). The first-order valence-electron chi connectivity index (χ1n) is 21.0. The Morgan fingerprint density at radius 1 is 0.714 bits per heavy atom. The molecule has 0 bridgehead atoms. The van der Waals surface area contributed by atoms with Crippen LogP contribution in [-0.4, -0.2) is 134 Å². The fourth-order valence-electron chi connectivity index (χ4n) is 7.04. The highest BCUT2D eigenvalue weighted by atomic mass is 16.7. The van der Waals surface area contributed by atoms with Gasteiger partial charge in [0.1, 0.15) is 55.4 Å². The Morgan fingerprint density at radius 3 is 1.86 bits per heavy atom. The third-order valence-electron chi connectivity index (χ3n) is 10.7. The maximum Gasteiger partial charge on any atom is 0.307 e. The average molecular weight is 883 g/mol. The van der Waals surface area contributed by atoms with Crippen LogP contribution in [-0.2, 0) is 38.1 Å². The monoisotopic (exact) mass is 882 g/mol.